The van der Waals surface area contributed by atoms with E-state index in [0.29, 0.717) is 13.0 Å². The Bertz CT molecular complexity index is 404. The Kier molecular flexibility index (Phi) is 4.63. The van der Waals surface area contributed by atoms with Gasteiger partial charge in [0.05, 0.1) is 11.7 Å². The summed E-state index contributed by atoms with van der Waals surface area (Å²) in [5, 5.41) is 9.13. The van der Waals surface area contributed by atoms with Gasteiger partial charge < -0.3 is 10.0 Å². The van der Waals surface area contributed by atoms with Gasteiger partial charge in [0.2, 0.25) is 0 Å². The largest absolute Gasteiger partial charge is 0.393 e. The first-order chi connectivity index (χ1) is 7.91. The molecule has 0 spiro atoms. The molecule has 0 aliphatic carbocycles. The highest BCUT2D eigenvalue weighted by Gasteiger charge is 2.16. The molecule has 0 heterocycles. The van der Waals surface area contributed by atoms with E-state index in [4.69, 9.17) is 5.11 Å². The average molecular weight is 239 g/mol. The summed E-state index contributed by atoms with van der Waals surface area (Å²) in [7, 11) is 1.60. The lowest BCUT2D eigenvalue weighted by molar-refractivity contribution is 0.0764. The number of amides is 1. The van der Waals surface area contributed by atoms with Gasteiger partial charge in [-0.3, -0.25) is 4.79 Å². The molecule has 1 unspecified atom stereocenters. The quantitative estimate of drug-likeness (QED) is 0.872. The van der Waals surface area contributed by atoms with E-state index in [1.54, 1.807) is 27.0 Å². The molecular formula is C13H18FNO2. The minimum Gasteiger partial charge on any atom is -0.393 e. The number of hydrogen-bond donors (Lipinski definition) is 1. The Balaban J connectivity index is 2.75. The molecule has 1 rings (SSSR count). The number of benzene rings is 1. The fourth-order valence-electron chi connectivity index (χ4n) is 1.48. The molecule has 0 aromatic heterocycles. The van der Waals surface area contributed by atoms with Crippen LogP contribution in [0.1, 0.15) is 29.3 Å². The van der Waals surface area contributed by atoms with Gasteiger partial charge in [0, 0.05) is 13.6 Å². The van der Waals surface area contributed by atoms with Gasteiger partial charge in [-0.15, -0.1) is 0 Å². The summed E-state index contributed by atoms with van der Waals surface area (Å²) in [6, 6.07) is 4.54. The van der Waals surface area contributed by atoms with E-state index in [1.807, 2.05) is 0 Å². The van der Waals surface area contributed by atoms with Crippen molar-refractivity contribution >= 4 is 5.91 Å². The van der Waals surface area contributed by atoms with Gasteiger partial charge >= 0.3 is 0 Å². The molecule has 0 saturated heterocycles. The Morgan fingerprint density at radius 3 is 2.71 bits per heavy atom. The van der Waals surface area contributed by atoms with Gasteiger partial charge in [0.15, 0.2) is 0 Å². The Morgan fingerprint density at radius 1 is 1.53 bits per heavy atom. The third kappa shape index (κ3) is 3.82. The zero-order valence-corrected chi connectivity index (χ0v) is 10.4. The van der Waals surface area contributed by atoms with Crippen molar-refractivity contribution in [3.05, 3.63) is 35.1 Å². The zero-order valence-electron chi connectivity index (χ0n) is 10.4. The van der Waals surface area contributed by atoms with E-state index in [2.05, 4.69) is 0 Å². The van der Waals surface area contributed by atoms with Gasteiger partial charge in [0.1, 0.15) is 5.82 Å². The lowest BCUT2D eigenvalue weighted by Gasteiger charge is -2.18. The van der Waals surface area contributed by atoms with Crippen LogP contribution in [0.2, 0.25) is 0 Å². The summed E-state index contributed by atoms with van der Waals surface area (Å²) in [6.45, 7) is 3.84. The number of nitrogens with zero attached hydrogens (tertiary/aromatic N) is 1. The minimum absolute atomic E-state index is 0.0729. The molecule has 1 atom stereocenters. The second-order valence-electron chi connectivity index (χ2n) is 4.35. The van der Waals surface area contributed by atoms with Crippen molar-refractivity contribution in [1.29, 1.82) is 0 Å². The van der Waals surface area contributed by atoms with Crippen LogP contribution in [0.25, 0.3) is 0 Å². The lowest BCUT2D eigenvalue weighted by atomic mass is 10.1. The third-order valence-electron chi connectivity index (χ3n) is 2.58. The predicted molar refractivity (Wildman–Crippen MR) is 64.4 cm³/mol. The van der Waals surface area contributed by atoms with Crippen molar-refractivity contribution < 1.29 is 14.3 Å². The van der Waals surface area contributed by atoms with Crippen molar-refractivity contribution in [2.24, 2.45) is 0 Å². The van der Waals surface area contributed by atoms with Crippen molar-refractivity contribution in [3.63, 3.8) is 0 Å². The lowest BCUT2D eigenvalue weighted by Crippen LogP contribution is -2.30. The van der Waals surface area contributed by atoms with Gasteiger partial charge in [-0.05, 0) is 38.0 Å². The molecule has 0 bridgehead atoms. The summed E-state index contributed by atoms with van der Waals surface area (Å²) in [6.07, 6.45) is 0.0172. The van der Waals surface area contributed by atoms with Crippen LogP contribution in [0.4, 0.5) is 4.39 Å². The molecule has 0 saturated carbocycles. The molecule has 3 nitrogen and oxygen atoms in total. The molecular weight excluding hydrogens is 221 g/mol. The van der Waals surface area contributed by atoms with Crippen LogP contribution in [-0.2, 0) is 0 Å². The van der Waals surface area contributed by atoms with Gasteiger partial charge in [-0.1, -0.05) is 6.07 Å². The highest BCUT2D eigenvalue weighted by molar-refractivity contribution is 5.94. The summed E-state index contributed by atoms with van der Waals surface area (Å²) in [5.74, 6) is -0.859. The highest BCUT2D eigenvalue weighted by atomic mass is 19.1. The summed E-state index contributed by atoms with van der Waals surface area (Å²) in [4.78, 5) is 13.3. The van der Waals surface area contributed by atoms with E-state index < -0.39 is 11.9 Å². The van der Waals surface area contributed by atoms with E-state index in [0.717, 1.165) is 5.56 Å². The number of rotatable bonds is 4. The number of hydrogen-bond acceptors (Lipinski definition) is 2. The first-order valence-electron chi connectivity index (χ1n) is 5.61. The van der Waals surface area contributed by atoms with Crippen LogP contribution >= 0.6 is 0 Å². The van der Waals surface area contributed by atoms with Crippen LogP contribution in [-0.4, -0.2) is 35.6 Å². The number of halogens is 1. The fraction of sp³-hybridized carbons (Fsp3) is 0.462. The van der Waals surface area contributed by atoms with Crippen LogP contribution in [0.15, 0.2) is 18.2 Å². The number of aliphatic hydroxyl groups excluding tert-OH is 1. The molecule has 1 aromatic carbocycles. The Hall–Kier alpha value is -1.42. The molecule has 1 amide bonds. The Morgan fingerprint density at radius 2 is 2.18 bits per heavy atom. The molecule has 0 aliphatic rings. The number of carbonyl (C=O) groups excluding carboxylic acids is 1. The second kappa shape index (κ2) is 5.77. The van der Waals surface area contributed by atoms with E-state index in [-0.39, 0.29) is 11.5 Å². The molecule has 1 N–H and O–H groups in total. The maximum atomic E-state index is 13.6. The zero-order chi connectivity index (χ0) is 13.0. The van der Waals surface area contributed by atoms with Crippen molar-refractivity contribution in [2.45, 2.75) is 26.4 Å². The maximum Gasteiger partial charge on any atom is 0.256 e. The Labute approximate surface area is 101 Å². The molecule has 94 valence electrons. The van der Waals surface area contributed by atoms with Gasteiger partial charge in [-0.2, -0.15) is 0 Å². The molecule has 17 heavy (non-hydrogen) atoms. The van der Waals surface area contributed by atoms with Gasteiger partial charge in [0.25, 0.3) is 5.91 Å². The van der Waals surface area contributed by atoms with Crippen molar-refractivity contribution in [1.82, 2.24) is 4.90 Å². The van der Waals surface area contributed by atoms with Gasteiger partial charge in [-0.25, -0.2) is 4.39 Å². The van der Waals surface area contributed by atoms with Crippen LogP contribution in [0.3, 0.4) is 0 Å². The van der Waals surface area contributed by atoms with Crippen molar-refractivity contribution in [3.8, 4) is 0 Å². The highest BCUT2D eigenvalue weighted by Crippen LogP contribution is 2.12. The molecule has 0 fully saturated rings. The normalized spacial score (nSPS) is 12.3. The van der Waals surface area contributed by atoms with E-state index in [1.165, 1.54) is 17.0 Å². The topological polar surface area (TPSA) is 40.5 Å². The number of aryl methyl sites for hydroxylation is 1. The number of aliphatic hydroxyl groups is 1. The monoisotopic (exact) mass is 239 g/mol. The van der Waals surface area contributed by atoms with Crippen LogP contribution in [0, 0.1) is 12.7 Å². The molecule has 4 heteroatoms. The standard InChI is InChI=1S/C13H18FNO2/c1-9-4-5-11(12(14)8-9)13(17)15(3)7-6-10(2)16/h4-5,8,10,16H,6-7H2,1-3H3. The summed E-state index contributed by atoms with van der Waals surface area (Å²) in [5.41, 5.74) is 0.856. The predicted octanol–water partition coefficient (Wildman–Crippen LogP) is 1.98. The molecule has 1 aromatic rings. The fourth-order valence-corrected chi connectivity index (χ4v) is 1.48. The third-order valence-corrected chi connectivity index (χ3v) is 2.58. The maximum absolute atomic E-state index is 13.6. The molecule has 0 aliphatic heterocycles. The summed E-state index contributed by atoms with van der Waals surface area (Å²) < 4.78 is 13.6. The van der Waals surface area contributed by atoms with E-state index >= 15 is 0 Å². The average Bonchev–Trinajstić information content (AvgIpc) is 2.25. The minimum atomic E-state index is -0.501. The van der Waals surface area contributed by atoms with E-state index in [9.17, 15) is 9.18 Å². The summed E-state index contributed by atoms with van der Waals surface area (Å²) >= 11 is 0. The first-order valence-corrected chi connectivity index (χ1v) is 5.61. The van der Waals surface area contributed by atoms with Crippen molar-refractivity contribution in [2.75, 3.05) is 13.6 Å². The van der Waals surface area contributed by atoms with Crippen LogP contribution < -0.4 is 0 Å². The second-order valence-corrected chi connectivity index (χ2v) is 4.35. The number of carbonyl (C=O) groups is 1. The molecule has 0 radical (unpaired) electrons. The SMILES string of the molecule is Cc1ccc(C(=O)N(C)CCC(C)O)c(F)c1. The smallest absolute Gasteiger partial charge is 0.256 e. The first kappa shape index (κ1) is 13.6. The van der Waals surface area contributed by atoms with Crippen LogP contribution in [0.5, 0.6) is 0 Å².